The van der Waals surface area contributed by atoms with Crippen molar-refractivity contribution in [3.63, 3.8) is 0 Å². The summed E-state index contributed by atoms with van der Waals surface area (Å²) in [7, 11) is 1.62. The van der Waals surface area contributed by atoms with Gasteiger partial charge in [-0.2, -0.15) is 0 Å². The fraction of sp³-hybridized carbons (Fsp3) is 0.700. The Balaban J connectivity index is 1.95. The summed E-state index contributed by atoms with van der Waals surface area (Å²) >= 11 is 0. The molecule has 0 aromatic carbocycles. The third-order valence-electron chi connectivity index (χ3n) is 4.60. The smallest absolute Gasteiger partial charge is 0.212 e. The number of ether oxygens (including phenoxy) is 2. The highest BCUT2D eigenvalue weighted by Gasteiger charge is 2.35. The van der Waals surface area contributed by atoms with Crippen LogP contribution in [-0.4, -0.2) is 43.9 Å². The van der Waals surface area contributed by atoms with E-state index in [1.165, 1.54) is 6.42 Å². The van der Waals surface area contributed by atoms with Crippen LogP contribution < -0.4 is 15.4 Å². The van der Waals surface area contributed by atoms with Crippen molar-refractivity contribution in [2.75, 3.05) is 26.8 Å². The molecule has 2 rings (SSSR count). The van der Waals surface area contributed by atoms with E-state index in [1.54, 1.807) is 13.3 Å². The third-order valence-corrected chi connectivity index (χ3v) is 4.60. The van der Waals surface area contributed by atoms with E-state index < -0.39 is 0 Å². The molecule has 0 bridgehead atoms. The molecule has 0 saturated carbocycles. The van der Waals surface area contributed by atoms with Crippen molar-refractivity contribution in [2.45, 2.75) is 53.2 Å². The lowest BCUT2D eigenvalue weighted by molar-refractivity contribution is -0.0835. The van der Waals surface area contributed by atoms with Crippen LogP contribution in [0.5, 0.6) is 5.88 Å². The Morgan fingerprint density at radius 2 is 2.15 bits per heavy atom. The van der Waals surface area contributed by atoms with Crippen molar-refractivity contribution in [1.82, 2.24) is 15.6 Å². The molecule has 146 valence electrons. The number of hydrogen-bond donors (Lipinski definition) is 2. The quantitative estimate of drug-likeness (QED) is 0.601. The fourth-order valence-corrected chi connectivity index (χ4v) is 3.37. The molecule has 1 saturated heterocycles. The molecule has 6 heteroatoms. The highest BCUT2D eigenvalue weighted by atomic mass is 16.5. The van der Waals surface area contributed by atoms with Crippen LogP contribution in [0.4, 0.5) is 0 Å². The Morgan fingerprint density at radius 3 is 2.77 bits per heavy atom. The lowest BCUT2D eigenvalue weighted by atomic mass is 9.78. The lowest BCUT2D eigenvalue weighted by Crippen LogP contribution is -2.47. The van der Waals surface area contributed by atoms with Gasteiger partial charge in [0.25, 0.3) is 0 Å². The van der Waals surface area contributed by atoms with Gasteiger partial charge in [-0.15, -0.1) is 0 Å². The van der Waals surface area contributed by atoms with Gasteiger partial charge in [0.15, 0.2) is 5.96 Å². The average molecular weight is 363 g/mol. The molecule has 26 heavy (non-hydrogen) atoms. The highest BCUT2D eigenvalue weighted by molar-refractivity contribution is 5.79. The predicted molar refractivity (Wildman–Crippen MR) is 106 cm³/mol. The molecular weight excluding hydrogens is 328 g/mol. The number of nitrogens with one attached hydrogen (secondary N) is 2. The summed E-state index contributed by atoms with van der Waals surface area (Å²) in [5, 5.41) is 6.82. The van der Waals surface area contributed by atoms with Gasteiger partial charge in [0, 0.05) is 37.9 Å². The Bertz CT molecular complexity index is 566. The minimum atomic E-state index is 0.150. The molecular formula is C20H34N4O2. The molecule has 2 N–H and O–H groups in total. The van der Waals surface area contributed by atoms with E-state index in [-0.39, 0.29) is 11.5 Å². The summed E-state index contributed by atoms with van der Waals surface area (Å²) < 4.78 is 11.2. The summed E-state index contributed by atoms with van der Waals surface area (Å²) in [6.45, 7) is 12.0. The number of aromatic nitrogens is 1. The second-order valence-corrected chi connectivity index (χ2v) is 7.84. The summed E-state index contributed by atoms with van der Waals surface area (Å²) in [4.78, 5) is 8.91. The van der Waals surface area contributed by atoms with Gasteiger partial charge in [0.05, 0.1) is 19.8 Å². The maximum atomic E-state index is 6.08. The van der Waals surface area contributed by atoms with Gasteiger partial charge >= 0.3 is 0 Å². The number of methoxy groups -OCH3 is 1. The minimum absolute atomic E-state index is 0.150. The number of hydrogen-bond acceptors (Lipinski definition) is 4. The molecule has 0 aliphatic carbocycles. The van der Waals surface area contributed by atoms with Crippen LogP contribution in [0.3, 0.4) is 0 Å². The van der Waals surface area contributed by atoms with E-state index in [0.29, 0.717) is 18.3 Å². The molecule has 2 atom stereocenters. The molecule has 1 aliphatic heterocycles. The number of nitrogens with zero attached hydrogens (tertiary/aromatic N) is 2. The van der Waals surface area contributed by atoms with Crippen molar-refractivity contribution in [1.29, 1.82) is 0 Å². The number of rotatable bonds is 6. The van der Waals surface area contributed by atoms with Crippen molar-refractivity contribution in [3.05, 3.63) is 23.9 Å². The minimum Gasteiger partial charge on any atom is -0.481 e. The molecule has 6 nitrogen and oxygen atoms in total. The third kappa shape index (κ3) is 6.16. The van der Waals surface area contributed by atoms with Crippen LogP contribution in [0.2, 0.25) is 0 Å². The Morgan fingerprint density at radius 1 is 1.35 bits per heavy atom. The van der Waals surface area contributed by atoms with E-state index in [9.17, 15) is 0 Å². The molecule has 2 heterocycles. The van der Waals surface area contributed by atoms with Crippen molar-refractivity contribution < 1.29 is 9.47 Å². The van der Waals surface area contributed by atoms with Crippen LogP contribution in [-0.2, 0) is 11.3 Å². The van der Waals surface area contributed by atoms with Crippen molar-refractivity contribution >= 4 is 5.96 Å². The summed E-state index contributed by atoms with van der Waals surface area (Å²) in [5.41, 5.74) is 1.20. The molecule has 1 aromatic rings. The predicted octanol–water partition coefficient (Wildman–Crippen LogP) is 2.99. The van der Waals surface area contributed by atoms with Crippen LogP contribution in [0.25, 0.3) is 0 Å². The summed E-state index contributed by atoms with van der Waals surface area (Å²) in [5.74, 6) is 1.95. The standard InChI is InChI=1S/C20H34N4O2/c1-6-21-19(23-13-15-9-10-17(25-5)22-12-15)24-14-16-8-7-11-26-18(16)20(2,3)4/h9-10,12,16,18H,6-8,11,13-14H2,1-5H3,(H2,21,23,24). The monoisotopic (exact) mass is 362 g/mol. The molecule has 0 radical (unpaired) electrons. The van der Waals surface area contributed by atoms with E-state index in [0.717, 1.165) is 37.6 Å². The zero-order valence-electron chi connectivity index (χ0n) is 16.8. The topological polar surface area (TPSA) is 67.8 Å². The van der Waals surface area contributed by atoms with E-state index in [4.69, 9.17) is 9.47 Å². The van der Waals surface area contributed by atoms with Crippen LogP contribution in [0, 0.1) is 11.3 Å². The second-order valence-electron chi connectivity index (χ2n) is 7.84. The molecule has 2 unspecified atom stereocenters. The van der Waals surface area contributed by atoms with Gasteiger partial charge in [-0.3, -0.25) is 0 Å². The molecule has 0 amide bonds. The zero-order valence-corrected chi connectivity index (χ0v) is 16.8. The van der Waals surface area contributed by atoms with Gasteiger partial charge in [0.1, 0.15) is 0 Å². The first-order valence-corrected chi connectivity index (χ1v) is 9.56. The van der Waals surface area contributed by atoms with E-state index in [2.05, 4.69) is 48.3 Å². The van der Waals surface area contributed by atoms with Crippen molar-refractivity contribution in [2.24, 2.45) is 16.3 Å². The first kappa shape index (κ1) is 20.5. The Labute approximate surface area is 157 Å². The molecule has 1 aromatic heterocycles. The van der Waals surface area contributed by atoms with Crippen LogP contribution in [0.15, 0.2) is 23.3 Å². The highest BCUT2D eigenvalue weighted by Crippen LogP contribution is 2.33. The van der Waals surface area contributed by atoms with E-state index in [1.807, 2.05) is 12.1 Å². The fourth-order valence-electron chi connectivity index (χ4n) is 3.37. The van der Waals surface area contributed by atoms with Gasteiger partial charge < -0.3 is 20.1 Å². The molecule has 1 aliphatic rings. The number of pyridine rings is 1. The molecule has 1 fully saturated rings. The summed E-state index contributed by atoms with van der Waals surface area (Å²) in [6.07, 6.45) is 4.40. The Hall–Kier alpha value is -1.82. The van der Waals surface area contributed by atoms with Gasteiger partial charge in [-0.1, -0.05) is 26.8 Å². The van der Waals surface area contributed by atoms with Gasteiger partial charge in [-0.05, 0) is 30.7 Å². The van der Waals surface area contributed by atoms with E-state index >= 15 is 0 Å². The number of guanidine groups is 1. The maximum absolute atomic E-state index is 6.08. The zero-order chi connectivity index (χ0) is 19.0. The summed E-state index contributed by atoms with van der Waals surface area (Å²) in [6, 6.07) is 3.85. The van der Waals surface area contributed by atoms with Crippen LogP contribution >= 0.6 is 0 Å². The Kier molecular flexibility index (Phi) is 7.69. The normalized spacial score (nSPS) is 21.3. The van der Waals surface area contributed by atoms with Crippen LogP contribution in [0.1, 0.15) is 46.1 Å². The average Bonchev–Trinajstić information content (AvgIpc) is 2.64. The molecule has 0 spiro atoms. The largest absolute Gasteiger partial charge is 0.481 e. The van der Waals surface area contributed by atoms with Crippen molar-refractivity contribution in [3.8, 4) is 5.88 Å². The van der Waals surface area contributed by atoms with Gasteiger partial charge in [0.2, 0.25) is 5.88 Å². The lowest BCUT2D eigenvalue weighted by Gasteiger charge is -2.40. The first-order chi connectivity index (χ1) is 12.4. The number of aliphatic imine (C=N–C) groups is 1. The first-order valence-electron chi connectivity index (χ1n) is 9.56. The second kappa shape index (κ2) is 9.76. The SMILES string of the molecule is CCNC(=NCc1ccc(OC)nc1)NCC1CCCOC1C(C)(C)C. The van der Waals surface area contributed by atoms with Gasteiger partial charge in [-0.25, -0.2) is 9.98 Å². The maximum Gasteiger partial charge on any atom is 0.212 e.